The van der Waals surface area contributed by atoms with E-state index in [9.17, 15) is 4.79 Å². The maximum Gasteiger partial charge on any atom is 0.220 e. The van der Waals surface area contributed by atoms with Crippen LogP contribution in [0.5, 0.6) is 0 Å². The summed E-state index contributed by atoms with van der Waals surface area (Å²) in [6, 6.07) is 1.99. The number of hydrogen-bond acceptors (Lipinski definition) is 5. The Hall–Kier alpha value is -2.24. The Morgan fingerprint density at radius 2 is 2.18 bits per heavy atom. The minimum atomic E-state index is 0.00610. The van der Waals surface area contributed by atoms with E-state index in [2.05, 4.69) is 20.4 Å². The molecule has 1 aliphatic carbocycles. The molecule has 0 unspecified atom stereocenters. The van der Waals surface area contributed by atoms with Gasteiger partial charge in [-0.3, -0.25) is 4.79 Å². The predicted octanol–water partition coefficient (Wildman–Crippen LogP) is 2.21. The van der Waals surface area contributed by atoms with Crippen LogP contribution in [0, 0.1) is 13.8 Å². The first-order valence-electron chi connectivity index (χ1n) is 7.62. The maximum absolute atomic E-state index is 12.0. The highest BCUT2D eigenvalue weighted by atomic mass is 16.5. The standard InChI is InChI=1S/C16H20N4O2/c1-10-14(11(2)22-20-10)5-6-16(21)17-8-13-7-15(12-3-4-12)19-9-18-13/h7,9,12H,3-6,8H2,1-2H3,(H,17,21). The number of rotatable bonds is 6. The first kappa shape index (κ1) is 14.7. The van der Waals surface area contributed by atoms with Crippen molar-refractivity contribution in [2.45, 2.75) is 52.0 Å². The quantitative estimate of drug-likeness (QED) is 0.884. The third-order valence-corrected chi connectivity index (χ3v) is 3.99. The van der Waals surface area contributed by atoms with Crippen molar-refractivity contribution in [3.05, 3.63) is 40.8 Å². The average molecular weight is 300 g/mol. The number of amides is 1. The molecule has 0 bridgehead atoms. The summed E-state index contributed by atoms with van der Waals surface area (Å²) in [4.78, 5) is 20.4. The van der Waals surface area contributed by atoms with E-state index in [4.69, 9.17) is 4.52 Å². The lowest BCUT2D eigenvalue weighted by Gasteiger charge is -2.06. The Morgan fingerprint density at radius 3 is 2.86 bits per heavy atom. The summed E-state index contributed by atoms with van der Waals surface area (Å²) >= 11 is 0. The molecular weight excluding hydrogens is 280 g/mol. The van der Waals surface area contributed by atoms with Gasteiger partial charge in [-0.2, -0.15) is 0 Å². The van der Waals surface area contributed by atoms with E-state index in [-0.39, 0.29) is 5.91 Å². The smallest absolute Gasteiger partial charge is 0.220 e. The van der Waals surface area contributed by atoms with Gasteiger partial charge in [0.05, 0.1) is 17.9 Å². The first-order chi connectivity index (χ1) is 10.6. The molecular formula is C16H20N4O2. The van der Waals surface area contributed by atoms with Crippen molar-refractivity contribution in [2.75, 3.05) is 0 Å². The van der Waals surface area contributed by atoms with Crippen LogP contribution in [0.3, 0.4) is 0 Å². The summed E-state index contributed by atoms with van der Waals surface area (Å²) in [5.74, 6) is 1.39. The zero-order chi connectivity index (χ0) is 15.5. The van der Waals surface area contributed by atoms with E-state index in [0.717, 1.165) is 28.4 Å². The van der Waals surface area contributed by atoms with E-state index in [0.29, 0.717) is 25.3 Å². The number of carbonyl (C=O) groups is 1. The zero-order valence-electron chi connectivity index (χ0n) is 12.9. The summed E-state index contributed by atoms with van der Waals surface area (Å²) in [6.45, 7) is 4.21. The van der Waals surface area contributed by atoms with Gasteiger partial charge in [0.15, 0.2) is 0 Å². The summed E-state index contributed by atoms with van der Waals surface area (Å²) < 4.78 is 5.10. The molecule has 0 radical (unpaired) electrons. The van der Waals surface area contributed by atoms with Crippen LogP contribution >= 0.6 is 0 Å². The Kier molecular flexibility index (Phi) is 4.18. The van der Waals surface area contributed by atoms with Gasteiger partial charge in [0.25, 0.3) is 0 Å². The second kappa shape index (κ2) is 6.25. The van der Waals surface area contributed by atoms with Gasteiger partial charge in [-0.25, -0.2) is 9.97 Å². The lowest BCUT2D eigenvalue weighted by atomic mass is 10.1. The number of aromatic nitrogens is 3. The van der Waals surface area contributed by atoms with Gasteiger partial charge in [0, 0.05) is 23.6 Å². The molecule has 1 amide bonds. The number of nitrogens with zero attached hydrogens (tertiary/aromatic N) is 3. The number of aryl methyl sites for hydroxylation is 2. The molecule has 3 rings (SSSR count). The molecule has 1 fully saturated rings. The molecule has 2 aromatic heterocycles. The average Bonchev–Trinajstić information content (AvgIpc) is 3.31. The lowest BCUT2D eigenvalue weighted by Crippen LogP contribution is -2.23. The van der Waals surface area contributed by atoms with Crippen molar-refractivity contribution in [3.8, 4) is 0 Å². The van der Waals surface area contributed by atoms with Crippen molar-refractivity contribution < 1.29 is 9.32 Å². The largest absolute Gasteiger partial charge is 0.361 e. The molecule has 2 heterocycles. The minimum Gasteiger partial charge on any atom is -0.361 e. The van der Waals surface area contributed by atoms with Gasteiger partial charge >= 0.3 is 0 Å². The van der Waals surface area contributed by atoms with Crippen molar-refractivity contribution in [3.63, 3.8) is 0 Å². The zero-order valence-corrected chi connectivity index (χ0v) is 12.9. The van der Waals surface area contributed by atoms with Crippen molar-refractivity contribution in [2.24, 2.45) is 0 Å². The molecule has 1 N–H and O–H groups in total. The summed E-state index contributed by atoms with van der Waals surface area (Å²) in [7, 11) is 0. The van der Waals surface area contributed by atoms with Crippen LogP contribution < -0.4 is 5.32 Å². The minimum absolute atomic E-state index is 0.00610. The monoisotopic (exact) mass is 300 g/mol. The van der Waals surface area contributed by atoms with Crippen LogP contribution in [-0.4, -0.2) is 21.0 Å². The Labute approximate surface area is 129 Å². The highest BCUT2D eigenvalue weighted by molar-refractivity contribution is 5.76. The summed E-state index contributed by atoms with van der Waals surface area (Å²) in [5.41, 5.74) is 3.83. The maximum atomic E-state index is 12.0. The second-order valence-electron chi connectivity index (χ2n) is 5.79. The van der Waals surface area contributed by atoms with Crippen LogP contribution in [-0.2, 0) is 17.8 Å². The number of nitrogens with one attached hydrogen (secondary N) is 1. The van der Waals surface area contributed by atoms with Crippen LogP contribution in [0.4, 0.5) is 0 Å². The molecule has 22 heavy (non-hydrogen) atoms. The first-order valence-corrected chi connectivity index (χ1v) is 7.62. The van der Waals surface area contributed by atoms with Crippen molar-refractivity contribution in [1.82, 2.24) is 20.4 Å². The molecule has 2 aromatic rings. The highest BCUT2D eigenvalue weighted by Gasteiger charge is 2.25. The fourth-order valence-electron chi connectivity index (χ4n) is 2.49. The van der Waals surface area contributed by atoms with Gasteiger partial charge in [-0.15, -0.1) is 0 Å². The van der Waals surface area contributed by atoms with Crippen LogP contribution in [0.15, 0.2) is 16.9 Å². The molecule has 0 spiro atoms. The summed E-state index contributed by atoms with van der Waals surface area (Å²) in [6.07, 6.45) is 5.06. The van der Waals surface area contributed by atoms with E-state index in [1.54, 1.807) is 6.33 Å². The highest BCUT2D eigenvalue weighted by Crippen LogP contribution is 2.38. The number of hydrogen-bond donors (Lipinski definition) is 1. The molecule has 1 saturated carbocycles. The lowest BCUT2D eigenvalue weighted by molar-refractivity contribution is -0.121. The van der Waals surface area contributed by atoms with Crippen LogP contribution in [0.1, 0.15) is 53.6 Å². The van der Waals surface area contributed by atoms with Gasteiger partial charge in [-0.1, -0.05) is 5.16 Å². The molecule has 6 nitrogen and oxygen atoms in total. The van der Waals surface area contributed by atoms with Gasteiger partial charge < -0.3 is 9.84 Å². The molecule has 6 heteroatoms. The molecule has 116 valence electrons. The SMILES string of the molecule is Cc1noc(C)c1CCC(=O)NCc1cc(C2CC2)ncn1. The predicted molar refractivity (Wildman–Crippen MR) is 80.2 cm³/mol. The number of carbonyl (C=O) groups excluding carboxylic acids is 1. The van der Waals surface area contributed by atoms with E-state index < -0.39 is 0 Å². The molecule has 0 aromatic carbocycles. The molecule has 0 atom stereocenters. The third-order valence-electron chi connectivity index (χ3n) is 3.99. The fourth-order valence-corrected chi connectivity index (χ4v) is 2.49. The van der Waals surface area contributed by atoms with Gasteiger partial charge in [0.2, 0.25) is 5.91 Å². The summed E-state index contributed by atoms with van der Waals surface area (Å²) in [5, 5.41) is 6.80. The van der Waals surface area contributed by atoms with E-state index in [1.165, 1.54) is 12.8 Å². The third kappa shape index (κ3) is 3.50. The van der Waals surface area contributed by atoms with Crippen LogP contribution in [0.25, 0.3) is 0 Å². The van der Waals surface area contributed by atoms with Gasteiger partial charge in [0.1, 0.15) is 12.1 Å². The Bertz CT molecular complexity index is 657. The molecule has 0 saturated heterocycles. The topological polar surface area (TPSA) is 80.9 Å². The molecule has 0 aliphatic heterocycles. The fraction of sp³-hybridized carbons (Fsp3) is 0.500. The molecule has 1 aliphatic rings. The van der Waals surface area contributed by atoms with Crippen molar-refractivity contribution >= 4 is 5.91 Å². The van der Waals surface area contributed by atoms with Crippen LogP contribution in [0.2, 0.25) is 0 Å². The Morgan fingerprint density at radius 1 is 1.36 bits per heavy atom. The Balaban J connectivity index is 1.49. The van der Waals surface area contributed by atoms with E-state index >= 15 is 0 Å². The van der Waals surface area contributed by atoms with E-state index in [1.807, 2.05) is 19.9 Å². The second-order valence-corrected chi connectivity index (χ2v) is 5.79. The van der Waals surface area contributed by atoms with Gasteiger partial charge in [-0.05, 0) is 39.2 Å². The normalized spacial score (nSPS) is 14.1. The van der Waals surface area contributed by atoms with Crippen molar-refractivity contribution in [1.29, 1.82) is 0 Å².